The van der Waals surface area contributed by atoms with Crippen LogP contribution in [0.3, 0.4) is 0 Å². The van der Waals surface area contributed by atoms with E-state index in [-0.39, 0.29) is 18.2 Å². The summed E-state index contributed by atoms with van der Waals surface area (Å²) in [4.78, 5) is 28.5. The molecule has 2 heterocycles. The van der Waals surface area contributed by atoms with Crippen molar-refractivity contribution in [2.75, 3.05) is 13.1 Å². The van der Waals surface area contributed by atoms with Crippen molar-refractivity contribution in [3.8, 4) is 0 Å². The van der Waals surface area contributed by atoms with Gasteiger partial charge in [-0.05, 0) is 25.0 Å². The van der Waals surface area contributed by atoms with E-state index in [0.29, 0.717) is 13.0 Å². The first-order valence-corrected chi connectivity index (χ1v) is 6.99. The number of carbonyl (C=O) groups excluding carboxylic acids is 1. The SMILES string of the molecule is CC(=O)N1CCC[C@H](c2cccc(CCC(=O)O)n2)C1. The molecule has 20 heavy (non-hydrogen) atoms. The van der Waals surface area contributed by atoms with Crippen molar-refractivity contribution < 1.29 is 14.7 Å². The van der Waals surface area contributed by atoms with E-state index in [2.05, 4.69) is 4.98 Å². The summed E-state index contributed by atoms with van der Waals surface area (Å²) in [6, 6.07) is 5.75. The molecule has 1 saturated heterocycles. The molecule has 0 spiro atoms. The first-order chi connectivity index (χ1) is 9.56. The number of aryl methyl sites for hydroxylation is 1. The van der Waals surface area contributed by atoms with Gasteiger partial charge < -0.3 is 10.0 Å². The number of aromatic nitrogens is 1. The van der Waals surface area contributed by atoms with Crippen molar-refractivity contribution in [1.29, 1.82) is 0 Å². The number of hydrogen-bond donors (Lipinski definition) is 1. The van der Waals surface area contributed by atoms with Crippen LogP contribution in [0.1, 0.15) is 43.5 Å². The van der Waals surface area contributed by atoms with E-state index in [0.717, 1.165) is 30.8 Å². The average molecular weight is 276 g/mol. The number of amides is 1. The number of carboxylic acid groups (broad SMARTS) is 1. The lowest BCUT2D eigenvalue weighted by atomic mass is 9.94. The fraction of sp³-hybridized carbons (Fsp3) is 0.533. The molecule has 0 unspecified atom stereocenters. The van der Waals surface area contributed by atoms with E-state index in [4.69, 9.17) is 5.11 Å². The number of aliphatic carboxylic acids is 1. The molecule has 0 bridgehead atoms. The van der Waals surface area contributed by atoms with E-state index < -0.39 is 5.97 Å². The third-order valence-electron chi connectivity index (χ3n) is 3.71. The van der Waals surface area contributed by atoms with Gasteiger partial charge in [-0.15, -0.1) is 0 Å². The zero-order chi connectivity index (χ0) is 14.5. The molecule has 2 rings (SSSR count). The van der Waals surface area contributed by atoms with Crippen LogP contribution in [0, 0.1) is 0 Å². The summed E-state index contributed by atoms with van der Waals surface area (Å²) in [7, 11) is 0. The van der Waals surface area contributed by atoms with Gasteiger partial charge in [-0.1, -0.05) is 6.07 Å². The highest BCUT2D eigenvalue weighted by atomic mass is 16.4. The Hall–Kier alpha value is -1.91. The lowest BCUT2D eigenvalue weighted by Crippen LogP contribution is -2.37. The molecular weight excluding hydrogens is 256 g/mol. The summed E-state index contributed by atoms with van der Waals surface area (Å²) in [5.74, 6) is -0.438. The van der Waals surface area contributed by atoms with Crippen LogP contribution < -0.4 is 0 Å². The molecule has 0 aromatic carbocycles. The number of piperidine rings is 1. The van der Waals surface area contributed by atoms with Gasteiger partial charge in [-0.2, -0.15) is 0 Å². The predicted molar refractivity (Wildman–Crippen MR) is 74.4 cm³/mol. The van der Waals surface area contributed by atoms with E-state index in [1.165, 1.54) is 0 Å². The van der Waals surface area contributed by atoms with Crippen molar-refractivity contribution in [3.63, 3.8) is 0 Å². The fourth-order valence-corrected chi connectivity index (χ4v) is 2.60. The minimum Gasteiger partial charge on any atom is -0.481 e. The van der Waals surface area contributed by atoms with E-state index in [1.807, 2.05) is 23.1 Å². The minimum atomic E-state index is -0.808. The molecule has 0 saturated carbocycles. The zero-order valence-electron chi connectivity index (χ0n) is 11.7. The Bertz CT molecular complexity index is 502. The molecule has 108 valence electrons. The quantitative estimate of drug-likeness (QED) is 0.910. The monoisotopic (exact) mass is 276 g/mol. The molecule has 1 aromatic heterocycles. The van der Waals surface area contributed by atoms with Gasteiger partial charge in [0.05, 0.1) is 6.42 Å². The van der Waals surface area contributed by atoms with Crippen LogP contribution in [0.15, 0.2) is 18.2 Å². The molecule has 0 aliphatic carbocycles. The molecule has 1 aromatic rings. The van der Waals surface area contributed by atoms with Gasteiger partial charge in [-0.3, -0.25) is 14.6 Å². The molecule has 0 radical (unpaired) electrons. The van der Waals surface area contributed by atoms with Crippen molar-refractivity contribution in [2.45, 2.75) is 38.5 Å². The van der Waals surface area contributed by atoms with Crippen LogP contribution >= 0.6 is 0 Å². The predicted octanol–water partition coefficient (Wildman–Crippen LogP) is 1.82. The molecule has 1 N–H and O–H groups in total. The van der Waals surface area contributed by atoms with Crippen molar-refractivity contribution in [2.24, 2.45) is 0 Å². The largest absolute Gasteiger partial charge is 0.481 e. The normalized spacial score (nSPS) is 18.9. The molecule has 1 amide bonds. The summed E-state index contributed by atoms with van der Waals surface area (Å²) in [6.45, 7) is 3.13. The maximum absolute atomic E-state index is 11.5. The number of rotatable bonds is 4. The third kappa shape index (κ3) is 3.79. The Morgan fingerprint density at radius 1 is 1.45 bits per heavy atom. The molecule has 1 fully saturated rings. The number of nitrogens with zero attached hydrogens (tertiary/aromatic N) is 2. The standard InChI is InChI=1S/C15H20N2O3/c1-11(18)17-9-3-4-12(10-17)14-6-2-5-13(16-14)7-8-15(19)20/h2,5-6,12H,3-4,7-10H2,1H3,(H,19,20)/t12-/m0/s1. The Kier molecular flexibility index (Phi) is 4.71. The van der Waals surface area contributed by atoms with Crippen molar-refractivity contribution >= 4 is 11.9 Å². The minimum absolute atomic E-state index is 0.0979. The molecule has 1 atom stereocenters. The van der Waals surface area contributed by atoms with Crippen molar-refractivity contribution in [1.82, 2.24) is 9.88 Å². The maximum atomic E-state index is 11.5. The summed E-state index contributed by atoms with van der Waals surface area (Å²) >= 11 is 0. The summed E-state index contributed by atoms with van der Waals surface area (Å²) < 4.78 is 0. The van der Waals surface area contributed by atoms with E-state index in [1.54, 1.807) is 6.92 Å². The van der Waals surface area contributed by atoms with E-state index >= 15 is 0 Å². The summed E-state index contributed by atoms with van der Waals surface area (Å²) in [5.41, 5.74) is 1.78. The average Bonchev–Trinajstić information content (AvgIpc) is 2.45. The first-order valence-electron chi connectivity index (χ1n) is 6.99. The fourth-order valence-electron chi connectivity index (χ4n) is 2.60. The number of likely N-dealkylation sites (tertiary alicyclic amines) is 1. The number of carbonyl (C=O) groups is 2. The van der Waals surface area contributed by atoms with Gasteiger partial charge in [0.2, 0.25) is 5.91 Å². The molecule has 1 aliphatic heterocycles. The third-order valence-corrected chi connectivity index (χ3v) is 3.71. The first kappa shape index (κ1) is 14.5. The van der Waals surface area contributed by atoms with Crippen LogP contribution in [-0.4, -0.2) is 40.0 Å². The van der Waals surface area contributed by atoms with Crippen LogP contribution in [0.5, 0.6) is 0 Å². The molecule has 1 aliphatic rings. The Morgan fingerprint density at radius 3 is 2.95 bits per heavy atom. The Labute approximate surface area is 118 Å². The van der Waals surface area contributed by atoms with Crippen molar-refractivity contribution in [3.05, 3.63) is 29.6 Å². The molecule has 5 nitrogen and oxygen atoms in total. The summed E-state index contributed by atoms with van der Waals surface area (Å²) in [5, 5.41) is 8.72. The van der Waals surface area contributed by atoms with Gasteiger partial charge >= 0.3 is 5.97 Å². The maximum Gasteiger partial charge on any atom is 0.303 e. The van der Waals surface area contributed by atoms with Gasteiger partial charge in [0.1, 0.15) is 0 Å². The van der Waals surface area contributed by atoms with E-state index in [9.17, 15) is 9.59 Å². The molecular formula is C15H20N2O3. The van der Waals surface area contributed by atoms with Crippen LogP contribution in [-0.2, 0) is 16.0 Å². The second kappa shape index (κ2) is 6.50. The lowest BCUT2D eigenvalue weighted by molar-refractivity contribution is -0.137. The lowest BCUT2D eigenvalue weighted by Gasteiger charge is -2.31. The van der Waals surface area contributed by atoms with Gasteiger partial charge in [-0.25, -0.2) is 0 Å². The zero-order valence-corrected chi connectivity index (χ0v) is 11.7. The topological polar surface area (TPSA) is 70.5 Å². The Morgan fingerprint density at radius 2 is 2.25 bits per heavy atom. The van der Waals surface area contributed by atoms with Crippen LogP contribution in [0.2, 0.25) is 0 Å². The van der Waals surface area contributed by atoms with Crippen LogP contribution in [0.4, 0.5) is 0 Å². The second-order valence-electron chi connectivity index (χ2n) is 5.25. The Balaban J connectivity index is 2.06. The second-order valence-corrected chi connectivity index (χ2v) is 5.25. The van der Waals surface area contributed by atoms with Gasteiger partial charge in [0, 0.05) is 43.7 Å². The highest BCUT2D eigenvalue weighted by Gasteiger charge is 2.23. The number of hydrogen-bond acceptors (Lipinski definition) is 3. The smallest absolute Gasteiger partial charge is 0.303 e. The van der Waals surface area contributed by atoms with Gasteiger partial charge in [0.25, 0.3) is 0 Å². The molecule has 5 heteroatoms. The highest BCUT2D eigenvalue weighted by Crippen LogP contribution is 2.25. The summed E-state index contributed by atoms with van der Waals surface area (Å²) in [6.07, 6.45) is 2.57. The number of carboxylic acids is 1. The van der Waals surface area contributed by atoms with Gasteiger partial charge in [0.15, 0.2) is 0 Å². The van der Waals surface area contributed by atoms with Crippen LogP contribution in [0.25, 0.3) is 0 Å². The highest BCUT2D eigenvalue weighted by molar-refractivity contribution is 5.73. The number of pyridine rings is 1.